The van der Waals surface area contributed by atoms with E-state index < -0.39 is 15.6 Å². The number of carbonyl (C=O) groups is 2. The van der Waals surface area contributed by atoms with Crippen LogP contribution in [0.3, 0.4) is 0 Å². The summed E-state index contributed by atoms with van der Waals surface area (Å²) in [6.45, 7) is 2.87. The van der Waals surface area contributed by atoms with Gasteiger partial charge in [-0.15, -0.1) is 0 Å². The van der Waals surface area contributed by atoms with Gasteiger partial charge in [-0.05, 0) is 31.7 Å². The molecule has 0 N–H and O–H groups in total. The molecule has 3 heterocycles. The van der Waals surface area contributed by atoms with Crippen molar-refractivity contribution in [1.29, 1.82) is 0 Å². The number of amides is 2. The normalized spacial score (nSPS) is 18.0. The van der Waals surface area contributed by atoms with E-state index in [2.05, 4.69) is 0 Å². The lowest BCUT2D eigenvalue weighted by Gasteiger charge is -2.20. The first kappa shape index (κ1) is 20.9. The lowest BCUT2D eigenvalue weighted by atomic mass is 10.2. The molecule has 1 aromatic carbocycles. The maximum Gasteiger partial charge on any atom is 0.242 e. The van der Waals surface area contributed by atoms with Gasteiger partial charge in [-0.1, -0.05) is 31.0 Å². The first-order valence-corrected chi connectivity index (χ1v) is 12.5. The number of benzene rings is 1. The fourth-order valence-electron chi connectivity index (χ4n) is 4.46. The molecule has 162 valence electrons. The molecule has 2 aliphatic heterocycles. The largest absolute Gasteiger partial charge is 0.342 e. The molecule has 0 spiro atoms. The first-order valence-electron chi connectivity index (χ1n) is 10.8. The van der Waals surface area contributed by atoms with Crippen LogP contribution in [0.15, 0.2) is 35.4 Å². The summed E-state index contributed by atoms with van der Waals surface area (Å²) < 4.78 is 28.1. The molecule has 0 aliphatic carbocycles. The molecule has 0 bridgehead atoms. The van der Waals surface area contributed by atoms with Gasteiger partial charge in [-0.2, -0.15) is 0 Å². The summed E-state index contributed by atoms with van der Waals surface area (Å²) in [7, 11) is -3.82. The molecular formula is C22H29N3O4S. The molecule has 4 rings (SSSR count). The average molecular weight is 432 g/mol. The first-order chi connectivity index (χ1) is 14.5. The minimum atomic E-state index is -3.82. The Hall–Kier alpha value is -2.35. The van der Waals surface area contributed by atoms with Crippen LogP contribution in [0.5, 0.6) is 0 Å². The highest BCUT2D eigenvalue weighted by Crippen LogP contribution is 2.27. The number of hydrogen-bond acceptors (Lipinski definition) is 4. The molecule has 2 aromatic rings. The van der Waals surface area contributed by atoms with Crippen LogP contribution in [0.2, 0.25) is 0 Å². The van der Waals surface area contributed by atoms with Gasteiger partial charge in [-0.3, -0.25) is 9.59 Å². The number of sulfone groups is 1. The second-order valence-electron chi connectivity index (χ2n) is 8.28. The number of rotatable bonds is 5. The van der Waals surface area contributed by atoms with E-state index in [1.54, 1.807) is 21.6 Å². The minimum Gasteiger partial charge on any atom is -0.342 e. The summed E-state index contributed by atoms with van der Waals surface area (Å²) in [6.07, 6.45) is 7.55. The second-order valence-corrected chi connectivity index (χ2v) is 10.2. The number of para-hydroxylation sites is 1. The molecule has 0 radical (unpaired) electrons. The summed E-state index contributed by atoms with van der Waals surface area (Å²) in [6, 6.07) is 7.18. The fraction of sp³-hybridized carbons (Fsp3) is 0.545. The molecule has 0 unspecified atom stereocenters. The third-order valence-electron chi connectivity index (χ3n) is 6.12. The van der Waals surface area contributed by atoms with E-state index in [0.29, 0.717) is 24.0 Å². The van der Waals surface area contributed by atoms with Crippen LogP contribution in [0.25, 0.3) is 10.9 Å². The van der Waals surface area contributed by atoms with E-state index in [1.807, 2.05) is 17.0 Å². The van der Waals surface area contributed by atoms with Crippen LogP contribution >= 0.6 is 0 Å². The molecule has 2 saturated heterocycles. The van der Waals surface area contributed by atoms with Crippen LogP contribution in [0, 0.1) is 0 Å². The molecule has 1 aromatic heterocycles. The summed E-state index contributed by atoms with van der Waals surface area (Å²) in [5, 5.41) is 0.565. The second kappa shape index (κ2) is 8.79. The molecule has 8 heteroatoms. The Bertz CT molecular complexity index is 1030. The number of nitrogens with zero attached hydrogens (tertiary/aromatic N) is 3. The zero-order chi connectivity index (χ0) is 21.1. The van der Waals surface area contributed by atoms with Gasteiger partial charge in [-0.25, -0.2) is 8.42 Å². The van der Waals surface area contributed by atoms with Crippen molar-refractivity contribution in [2.45, 2.75) is 50.0 Å². The molecule has 2 aliphatic rings. The van der Waals surface area contributed by atoms with E-state index in [9.17, 15) is 18.0 Å². The van der Waals surface area contributed by atoms with Crippen molar-refractivity contribution in [2.24, 2.45) is 0 Å². The van der Waals surface area contributed by atoms with Gasteiger partial charge in [0, 0.05) is 43.3 Å². The van der Waals surface area contributed by atoms with Gasteiger partial charge in [0.15, 0.2) is 9.84 Å². The van der Waals surface area contributed by atoms with Gasteiger partial charge in [0.25, 0.3) is 0 Å². The van der Waals surface area contributed by atoms with Crippen LogP contribution in [-0.4, -0.2) is 66.5 Å². The zero-order valence-electron chi connectivity index (χ0n) is 17.3. The van der Waals surface area contributed by atoms with Crippen LogP contribution in [-0.2, 0) is 26.0 Å². The molecule has 0 saturated carbocycles. The van der Waals surface area contributed by atoms with Crippen molar-refractivity contribution < 1.29 is 18.0 Å². The monoisotopic (exact) mass is 431 g/mol. The predicted octanol–water partition coefficient (Wildman–Crippen LogP) is 2.44. The quantitative estimate of drug-likeness (QED) is 0.728. The standard InChI is InChI=1S/C22H29N3O4S/c26-21(23-13-7-8-14-23)16-25-15-20(18-9-3-4-10-19(18)25)30(28,29)17-22(27)24-11-5-1-2-6-12-24/h3-4,9-10,15H,1-2,5-8,11-14,16-17H2. The zero-order valence-corrected chi connectivity index (χ0v) is 18.1. The SMILES string of the molecule is O=C(Cn1cc(S(=O)(=O)CC(=O)N2CCCCCC2)c2ccccc21)N1CCCC1. The third kappa shape index (κ3) is 4.38. The van der Waals surface area contributed by atoms with Gasteiger partial charge in [0.05, 0.1) is 4.90 Å². The summed E-state index contributed by atoms with van der Waals surface area (Å²) >= 11 is 0. The average Bonchev–Trinajstić information content (AvgIpc) is 3.29. The maximum absolute atomic E-state index is 13.2. The molecule has 2 amide bonds. The van der Waals surface area contributed by atoms with Crippen LogP contribution < -0.4 is 0 Å². The number of likely N-dealkylation sites (tertiary alicyclic amines) is 2. The van der Waals surface area contributed by atoms with Crippen molar-refractivity contribution in [3.05, 3.63) is 30.5 Å². The molecular weight excluding hydrogens is 402 g/mol. The van der Waals surface area contributed by atoms with Crippen molar-refractivity contribution >= 4 is 32.6 Å². The van der Waals surface area contributed by atoms with Crippen molar-refractivity contribution in [1.82, 2.24) is 14.4 Å². The van der Waals surface area contributed by atoms with Crippen molar-refractivity contribution in [2.75, 3.05) is 31.9 Å². The smallest absolute Gasteiger partial charge is 0.242 e. The van der Waals surface area contributed by atoms with Gasteiger partial charge in [0.2, 0.25) is 11.8 Å². The highest BCUT2D eigenvalue weighted by Gasteiger charge is 2.28. The number of fused-ring (bicyclic) bond motifs is 1. The summed E-state index contributed by atoms with van der Waals surface area (Å²) in [4.78, 5) is 29.0. The van der Waals surface area contributed by atoms with E-state index in [1.165, 1.54) is 6.20 Å². The van der Waals surface area contributed by atoms with Gasteiger partial charge >= 0.3 is 0 Å². The summed E-state index contributed by atoms with van der Waals surface area (Å²) in [5.41, 5.74) is 0.700. The van der Waals surface area contributed by atoms with E-state index in [-0.39, 0.29) is 23.3 Å². The number of aromatic nitrogens is 1. The lowest BCUT2D eigenvalue weighted by Crippen LogP contribution is -2.36. The van der Waals surface area contributed by atoms with Gasteiger partial charge < -0.3 is 14.4 Å². The Morgan fingerprint density at radius 2 is 1.37 bits per heavy atom. The number of hydrogen-bond donors (Lipinski definition) is 0. The molecule has 7 nitrogen and oxygen atoms in total. The number of carbonyl (C=O) groups excluding carboxylic acids is 2. The predicted molar refractivity (Wildman–Crippen MR) is 115 cm³/mol. The van der Waals surface area contributed by atoms with Crippen molar-refractivity contribution in [3.8, 4) is 0 Å². The summed E-state index contributed by atoms with van der Waals surface area (Å²) in [5.74, 6) is -0.860. The maximum atomic E-state index is 13.2. The molecule has 30 heavy (non-hydrogen) atoms. The highest BCUT2D eigenvalue weighted by atomic mass is 32.2. The minimum absolute atomic E-state index is 0.00200. The van der Waals surface area contributed by atoms with Crippen molar-refractivity contribution in [3.63, 3.8) is 0 Å². The Morgan fingerprint density at radius 3 is 2.03 bits per heavy atom. The fourth-order valence-corrected chi connectivity index (χ4v) is 5.91. The Kier molecular flexibility index (Phi) is 6.13. The van der Waals surface area contributed by atoms with Crippen LogP contribution in [0.4, 0.5) is 0 Å². The highest BCUT2D eigenvalue weighted by molar-refractivity contribution is 7.92. The molecule has 2 fully saturated rings. The topological polar surface area (TPSA) is 79.7 Å². The van der Waals surface area contributed by atoms with Gasteiger partial charge in [0.1, 0.15) is 12.3 Å². The Morgan fingerprint density at radius 1 is 0.800 bits per heavy atom. The Balaban J connectivity index is 1.59. The third-order valence-corrected chi connectivity index (χ3v) is 7.75. The van der Waals surface area contributed by atoms with Crippen LogP contribution in [0.1, 0.15) is 38.5 Å². The van der Waals surface area contributed by atoms with E-state index >= 15 is 0 Å². The lowest BCUT2D eigenvalue weighted by molar-refractivity contribution is -0.130. The Labute approximate surface area is 177 Å². The molecule has 0 atom stereocenters. The van der Waals surface area contributed by atoms with E-state index in [0.717, 1.165) is 51.6 Å². The van der Waals surface area contributed by atoms with E-state index in [4.69, 9.17) is 0 Å².